The maximum atomic E-state index is 11.3. The molecule has 0 saturated heterocycles. The Labute approximate surface area is 85.0 Å². The van der Waals surface area contributed by atoms with Gasteiger partial charge in [-0.3, -0.25) is 4.57 Å². The average molecular weight is 217 g/mol. The first-order valence-corrected chi connectivity index (χ1v) is 4.33. The van der Waals surface area contributed by atoms with Gasteiger partial charge in [-0.2, -0.15) is 4.98 Å². The first-order valence-electron chi connectivity index (χ1n) is 3.96. The van der Waals surface area contributed by atoms with Gasteiger partial charge in [0.15, 0.2) is 0 Å². The predicted octanol–water partition coefficient (Wildman–Crippen LogP) is 1.18. The number of carbonyl (C=O) groups is 1. The Morgan fingerprint density at radius 1 is 1.64 bits per heavy atom. The Balaban J connectivity index is 3.53. The largest absolute Gasteiger partial charge is 0.477 e. The minimum atomic E-state index is -1.19. The van der Waals surface area contributed by atoms with E-state index in [0.717, 1.165) is 10.6 Å². The molecule has 0 fully saturated rings. The van der Waals surface area contributed by atoms with Gasteiger partial charge in [0.1, 0.15) is 10.8 Å². The van der Waals surface area contributed by atoms with E-state index in [9.17, 15) is 9.59 Å². The number of nitrogens with zero attached hydrogens (tertiary/aromatic N) is 2. The van der Waals surface area contributed by atoms with Crippen molar-refractivity contribution >= 4 is 17.6 Å². The van der Waals surface area contributed by atoms with Crippen molar-refractivity contribution in [3.63, 3.8) is 0 Å². The molecule has 0 atom stereocenters. The molecule has 1 aromatic rings. The molecule has 0 aromatic carbocycles. The summed E-state index contributed by atoms with van der Waals surface area (Å²) in [4.78, 5) is 25.5. The van der Waals surface area contributed by atoms with E-state index in [1.165, 1.54) is 0 Å². The molecule has 0 saturated carbocycles. The van der Waals surface area contributed by atoms with Crippen LogP contribution in [0.2, 0.25) is 5.15 Å². The Bertz CT molecular complexity index is 425. The van der Waals surface area contributed by atoms with Gasteiger partial charge in [-0.1, -0.05) is 11.6 Å². The fourth-order valence-electron chi connectivity index (χ4n) is 1.13. The van der Waals surface area contributed by atoms with Crippen LogP contribution in [0.4, 0.5) is 0 Å². The van der Waals surface area contributed by atoms with E-state index in [-0.39, 0.29) is 16.9 Å². The molecule has 0 spiro atoms. The SMILES string of the molecule is CC(C)n1c(C(=O)O)cc(Cl)nc1=O. The summed E-state index contributed by atoms with van der Waals surface area (Å²) in [5, 5.41) is 8.71. The zero-order valence-electron chi connectivity index (χ0n) is 7.69. The number of rotatable bonds is 2. The van der Waals surface area contributed by atoms with Crippen molar-refractivity contribution in [2.75, 3.05) is 0 Å². The Kier molecular flexibility index (Phi) is 2.90. The fourth-order valence-corrected chi connectivity index (χ4v) is 1.30. The number of aromatic carboxylic acids is 1. The van der Waals surface area contributed by atoms with E-state index in [1.54, 1.807) is 13.8 Å². The van der Waals surface area contributed by atoms with E-state index in [2.05, 4.69) is 4.98 Å². The van der Waals surface area contributed by atoms with Crippen LogP contribution < -0.4 is 5.69 Å². The number of hydrogen-bond acceptors (Lipinski definition) is 3. The Morgan fingerprint density at radius 2 is 2.21 bits per heavy atom. The van der Waals surface area contributed by atoms with E-state index < -0.39 is 11.7 Å². The van der Waals surface area contributed by atoms with Gasteiger partial charge >= 0.3 is 11.7 Å². The maximum Gasteiger partial charge on any atom is 0.352 e. The molecule has 0 unspecified atom stereocenters. The second kappa shape index (κ2) is 3.79. The van der Waals surface area contributed by atoms with E-state index >= 15 is 0 Å². The fraction of sp³-hybridized carbons (Fsp3) is 0.375. The molecule has 0 bridgehead atoms. The number of carboxylic acid groups (broad SMARTS) is 1. The highest BCUT2D eigenvalue weighted by atomic mass is 35.5. The molecule has 1 aromatic heterocycles. The maximum absolute atomic E-state index is 11.3. The summed E-state index contributed by atoms with van der Waals surface area (Å²) >= 11 is 5.48. The number of carboxylic acids is 1. The molecular formula is C8H9ClN2O3. The topological polar surface area (TPSA) is 72.2 Å². The van der Waals surface area contributed by atoms with Gasteiger partial charge in [-0.15, -0.1) is 0 Å². The first kappa shape index (κ1) is 10.7. The van der Waals surface area contributed by atoms with Crippen LogP contribution in [0, 0.1) is 0 Å². The third-order valence-corrected chi connectivity index (χ3v) is 1.85. The van der Waals surface area contributed by atoms with E-state index in [4.69, 9.17) is 16.7 Å². The lowest BCUT2D eigenvalue weighted by atomic mass is 10.3. The predicted molar refractivity (Wildman–Crippen MR) is 50.9 cm³/mol. The molecule has 14 heavy (non-hydrogen) atoms. The van der Waals surface area contributed by atoms with Crippen molar-refractivity contribution in [1.29, 1.82) is 0 Å². The van der Waals surface area contributed by atoms with Gasteiger partial charge in [0.2, 0.25) is 0 Å². The zero-order valence-corrected chi connectivity index (χ0v) is 8.45. The molecule has 5 nitrogen and oxygen atoms in total. The summed E-state index contributed by atoms with van der Waals surface area (Å²) in [6, 6.07) is 0.893. The van der Waals surface area contributed by atoms with Crippen LogP contribution in [0.25, 0.3) is 0 Å². The summed E-state index contributed by atoms with van der Waals surface area (Å²) in [6.45, 7) is 3.40. The van der Waals surface area contributed by atoms with Gasteiger partial charge in [-0.25, -0.2) is 9.59 Å². The monoisotopic (exact) mass is 216 g/mol. The lowest BCUT2D eigenvalue weighted by Crippen LogP contribution is -2.29. The van der Waals surface area contributed by atoms with Crippen LogP contribution in [0.5, 0.6) is 0 Å². The highest BCUT2D eigenvalue weighted by molar-refractivity contribution is 6.29. The lowest BCUT2D eigenvalue weighted by molar-refractivity contribution is 0.0681. The quantitative estimate of drug-likeness (QED) is 0.754. The summed E-state index contributed by atoms with van der Waals surface area (Å²) in [5.41, 5.74) is -0.796. The van der Waals surface area contributed by atoms with Crippen molar-refractivity contribution in [3.8, 4) is 0 Å². The van der Waals surface area contributed by atoms with Crippen LogP contribution in [0.15, 0.2) is 10.9 Å². The molecule has 0 aliphatic heterocycles. The van der Waals surface area contributed by atoms with Crippen molar-refractivity contribution in [1.82, 2.24) is 9.55 Å². The zero-order chi connectivity index (χ0) is 10.9. The average Bonchev–Trinajstić information content (AvgIpc) is 2.01. The van der Waals surface area contributed by atoms with Gasteiger partial charge in [-0.05, 0) is 13.8 Å². The standard InChI is InChI=1S/C8H9ClN2O3/c1-4(2)11-5(7(12)13)3-6(9)10-8(11)14/h3-4H,1-2H3,(H,12,13). The van der Waals surface area contributed by atoms with Crippen LogP contribution in [0.1, 0.15) is 30.4 Å². The minimum absolute atomic E-state index is 0.107. The van der Waals surface area contributed by atoms with Crippen molar-refractivity contribution in [2.24, 2.45) is 0 Å². The number of hydrogen-bond donors (Lipinski definition) is 1. The van der Waals surface area contributed by atoms with Crippen LogP contribution in [-0.4, -0.2) is 20.6 Å². The lowest BCUT2D eigenvalue weighted by Gasteiger charge is -2.12. The summed E-state index contributed by atoms with van der Waals surface area (Å²) in [7, 11) is 0. The third-order valence-electron chi connectivity index (χ3n) is 1.66. The molecule has 0 amide bonds. The Morgan fingerprint density at radius 3 is 2.64 bits per heavy atom. The second-order valence-corrected chi connectivity index (χ2v) is 3.40. The summed E-state index contributed by atoms with van der Waals surface area (Å²) in [5.74, 6) is -1.19. The summed E-state index contributed by atoms with van der Waals surface area (Å²) < 4.78 is 1.08. The smallest absolute Gasteiger partial charge is 0.352 e. The van der Waals surface area contributed by atoms with E-state index in [1.807, 2.05) is 0 Å². The number of aromatic nitrogens is 2. The molecule has 0 radical (unpaired) electrons. The molecule has 0 aliphatic rings. The van der Waals surface area contributed by atoms with Crippen LogP contribution in [0.3, 0.4) is 0 Å². The first-order chi connectivity index (χ1) is 6.43. The van der Waals surface area contributed by atoms with E-state index in [0.29, 0.717) is 0 Å². The highest BCUT2D eigenvalue weighted by Gasteiger charge is 2.15. The highest BCUT2D eigenvalue weighted by Crippen LogP contribution is 2.09. The molecule has 1 N–H and O–H groups in total. The molecular weight excluding hydrogens is 208 g/mol. The van der Waals surface area contributed by atoms with Crippen molar-refractivity contribution in [2.45, 2.75) is 19.9 Å². The molecule has 76 valence electrons. The normalized spacial score (nSPS) is 10.6. The molecule has 1 heterocycles. The molecule has 0 aliphatic carbocycles. The van der Waals surface area contributed by atoms with Crippen LogP contribution >= 0.6 is 11.6 Å². The molecule has 1 rings (SSSR count). The third kappa shape index (κ3) is 1.93. The van der Waals surface area contributed by atoms with Crippen molar-refractivity contribution < 1.29 is 9.90 Å². The summed E-state index contributed by atoms with van der Waals surface area (Å²) in [6.07, 6.45) is 0. The van der Waals surface area contributed by atoms with Crippen molar-refractivity contribution in [3.05, 3.63) is 27.4 Å². The van der Waals surface area contributed by atoms with Gasteiger partial charge in [0.25, 0.3) is 0 Å². The van der Waals surface area contributed by atoms with Gasteiger partial charge < -0.3 is 5.11 Å². The number of halogens is 1. The van der Waals surface area contributed by atoms with Gasteiger partial charge in [0, 0.05) is 12.1 Å². The second-order valence-electron chi connectivity index (χ2n) is 3.02. The Hall–Kier alpha value is -1.36. The van der Waals surface area contributed by atoms with Gasteiger partial charge in [0.05, 0.1) is 0 Å². The molecule has 6 heteroatoms. The minimum Gasteiger partial charge on any atom is -0.477 e. The van der Waals surface area contributed by atoms with Crippen LogP contribution in [-0.2, 0) is 0 Å².